The number of cyclic esters (lactones) is 1. The van der Waals surface area contributed by atoms with Crippen molar-refractivity contribution in [3.05, 3.63) is 66.4 Å². The molecule has 0 radical (unpaired) electrons. The number of aromatic nitrogens is 2. The van der Waals surface area contributed by atoms with Crippen molar-refractivity contribution in [1.82, 2.24) is 15.1 Å². The molecular formula is C25H25F2N5O3. The van der Waals surface area contributed by atoms with E-state index in [0.717, 1.165) is 6.42 Å². The van der Waals surface area contributed by atoms with Gasteiger partial charge in [-0.3, -0.25) is 14.4 Å². The highest BCUT2D eigenvalue weighted by Crippen LogP contribution is 2.32. The zero-order valence-corrected chi connectivity index (χ0v) is 19.2. The standard InChI is InChI=1S/C25H25F2N5O3/c1-16(33)28-13-19-15-31(25(34)35-19)17-6-7-24(22(27)12-17)30-10-8-18(14-30)32-11-9-23(29-32)20-4-2-3-5-21(20)26/h2-7,9,11-12,18-19H,8,10,13-15H2,1H3,(H,28,33)/t18?,19-/m0/s1. The quantitative estimate of drug-likeness (QED) is 0.580. The summed E-state index contributed by atoms with van der Waals surface area (Å²) in [5.74, 6) is -0.970. The first kappa shape index (κ1) is 22.8. The molecule has 0 spiro atoms. The molecule has 182 valence electrons. The van der Waals surface area contributed by atoms with Crippen LogP contribution in [-0.2, 0) is 9.53 Å². The maximum atomic E-state index is 15.1. The van der Waals surface area contributed by atoms with Gasteiger partial charge >= 0.3 is 6.09 Å². The van der Waals surface area contributed by atoms with Crippen molar-refractivity contribution in [3.8, 4) is 11.3 Å². The number of carbonyl (C=O) groups excluding carboxylic acids is 2. The van der Waals surface area contributed by atoms with Gasteiger partial charge in [-0.25, -0.2) is 13.6 Å². The summed E-state index contributed by atoms with van der Waals surface area (Å²) in [6.45, 7) is 3.02. The first-order valence-corrected chi connectivity index (χ1v) is 11.5. The molecule has 3 aromatic rings. The van der Waals surface area contributed by atoms with Gasteiger partial charge in [-0.2, -0.15) is 5.10 Å². The van der Waals surface area contributed by atoms with Gasteiger partial charge in [0.2, 0.25) is 5.91 Å². The summed E-state index contributed by atoms with van der Waals surface area (Å²) < 4.78 is 36.3. The monoisotopic (exact) mass is 481 g/mol. The number of halogens is 2. The van der Waals surface area contributed by atoms with E-state index in [2.05, 4.69) is 10.4 Å². The minimum atomic E-state index is -0.571. The van der Waals surface area contributed by atoms with Crippen molar-refractivity contribution in [2.45, 2.75) is 25.5 Å². The van der Waals surface area contributed by atoms with Gasteiger partial charge < -0.3 is 15.0 Å². The van der Waals surface area contributed by atoms with Crippen LogP contribution in [0.25, 0.3) is 11.3 Å². The molecule has 0 aliphatic carbocycles. The summed E-state index contributed by atoms with van der Waals surface area (Å²) in [5, 5.41) is 7.17. The lowest BCUT2D eigenvalue weighted by Crippen LogP contribution is -2.33. The fourth-order valence-corrected chi connectivity index (χ4v) is 4.55. The Balaban J connectivity index is 1.25. The predicted molar refractivity (Wildman–Crippen MR) is 126 cm³/mol. The summed E-state index contributed by atoms with van der Waals surface area (Å²) in [6, 6.07) is 13.0. The molecule has 8 nitrogen and oxygen atoms in total. The summed E-state index contributed by atoms with van der Waals surface area (Å²) >= 11 is 0. The third-order valence-corrected chi connectivity index (χ3v) is 6.33. The maximum Gasteiger partial charge on any atom is 0.414 e. The van der Waals surface area contributed by atoms with Crippen LogP contribution >= 0.6 is 0 Å². The number of nitrogens with zero attached hydrogens (tertiary/aromatic N) is 4. The smallest absolute Gasteiger partial charge is 0.414 e. The minimum absolute atomic E-state index is 0.0256. The molecule has 2 atom stereocenters. The van der Waals surface area contributed by atoms with Crippen molar-refractivity contribution in [2.24, 2.45) is 0 Å². The number of benzene rings is 2. The zero-order valence-electron chi connectivity index (χ0n) is 19.2. The number of hydrogen-bond donors (Lipinski definition) is 1. The molecule has 3 heterocycles. The average molecular weight is 482 g/mol. The molecule has 2 aliphatic rings. The summed E-state index contributed by atoms with van der Waals surface area (Å²) in [7, 11) is 0. The number of ether oxygens (including phenoxy) is 1. The third kappa shape index (κ3) is 4.68. The fourth-order valence-electron chi connectivity index (χ4n) is 4.55. The Morgan fingerprint density at radius 2 is 1.97 bits per heavy atom. The number of hydrogen-bond acceptors (Lipinski definition) is 5. The van der Waals surface area contributed by atoms with Crippen LogP contribution in [0.2, 0.25) is 0 Å². The van der Waals surface area contributed by atoms with E-state index in [1.807, 2.05) is 15.8 Å². The molecule has 35 heavy (non-hydrogen) atoms. The second-order valence-corrected chi connectivity index (χ2v) is 8.74. The minimum Gasteiger partial charge on any atom is -0.442 e. The molecular weight excluding hydrogens is 456 g/mol. The lowest BCUT2D eigenvalue weighted by molar-refractivity contribution is -0.119. The number of anilines is 2. The maximum absolute atomic E-state index is 15.1. The Kier molecular flexibility index (Phi) is 6.10. The van der Waals surface area contributed by atoms with Crippen LogP contribution in [0, 0.1) is 11.6 Å². The van der Waals surface area contributed by atoms with E-state index < -0.39 is 18.0 Å². The molecule has 2 saturated heterocycles. The van der Waals surface area contributed by atoms with Gasteiger partial charge in [-0.05, 0) is 42.8 Å². The van der Waals surface area contributed by atoms with Crippen molar-refractivity contribution in [2.75, 3.05) is 36.0 Å². The van der Waals surface area contributed by atoms with Crippen LogP contribution < -0.4 is 15.1 Å². The molecule has 2 fully saturated rings. The van der Waals surface area contributed by atoms with E-state index in [9.17, 15) is 14.0 Å². The van der Waals surface area contributed by atoms with Crippen molar-refractivity contribution < 1.29 is 23.1 Å². The molecule has 1 unspecified atom stereocenters. The summed E-state index contributed by atoms with van der Waals surface area (Å²) in [4.78, 5) is 26.6. The highest BCUT2D eigenvalue weighted by molar-refractivity contribution is 5.90. The van der Waals surface area contributed by atoms with Gasteiger partial charge in [0.1, 0.15) is 17.7 Å². The van der Waals surface area contributed by atoms with Gasteiger partial charge in [-0.1, -0.05) is 12.1 Å². The lowest BCUT2D eigenvalue weighted by atomic mass is 10.1. The highest BCUT2D eigenvalue weighted by atomic mass is 19.1. The van der Waals surface area contributed by atoms with Gasteiger partial charge in [0, 0.05) is 31.8 Å². The zero-order chi connectivity index (χ0) is 24.5. The van der Waals surface area contributed by atoms with E-state index in [-0.39, 0.29) is 30.9 Å². The second-order valence-electron chi connectivity index (χ2n) is 8.74. The van der Waals surface area contributed by atoms with E-state index in [1.165, 1.54) is 24.0 Å². The molecule has 2 amide bonds. The molecule has 10 heteroatoms. The highest BCUT2D eigenvalue weighted by Gasteiger charge is 2.33. The van der Waals surface area contributed by atoms with E-state index in [4.69, 9.17) is 4.74 Å². The SMILES string of the molecule is CC(=O)NC[C@H]1CN(c2ccc(N3CCC(n4ccc(-c5ccccc5F)n4)C3)c(F)c2)C(=O)O1. The Labute approximate surface area is 201 Å². The normalized spacial score (nSPS) is 19.8. The first-order valence-electron chi connectivity index (χ1n) is 11.5. The van der Waals surface area contributed by atoms with Crippen molar-refractivity contribution >= 4 is 23.4 Å². The molecule has 5 rings (SSSR count). The number of amides is 2. The summed E-state index contributed by atoms with van der Waals surface area (Å²) in [6.07, 6.45) is 1.53. The molecule has 1 N–H and O–H groups in total. The Morgan fingerprint density at radius 3 is 2.74 bits per heavy atom. The molecule has 0 saturated carbocycles. The number of rotatable bonds is 6. The molecule has 0 bridgehead atoms. The van der Waals surface area contributed by atoms with Crippen molar-refractivity contribution in [3.63, 3.8) is 0 Å². The number of nitrogens with one attached hydrogen (secondary N) is 1. The molecule has 1 aromatic heterocycles. The topological polar surface area (TPSA) is 79.7 Å². The van der Waals surface area contributed by atoms with E-state index in [1.54, 1.807) is 36.4 Å². The first-order chi connectivity index (χ1) is 16.9. The Hall–Kier alpha value is -3.95. The average Bonchev–Trinajstić information content (AvgIpc) is 3.57. The fraction of sp³-hybridized carbons (Fsp3) is 0.320. The largest absolute Gasteiger partial charge is 0.442 e. The van der Waals surface area contributed by atoms with Gasteiger partial charge in [0.15, 0.2) is 0 Å². The summed E-state index contributed by atoms with van der Waals surface area (Å²) in [5.41, 5.74) is 1.85. The van der Waals surface area contributed by atoms with Crippen LogP contribution in [0.15, 0.2) is 54.7 Å². The lowest BCUT2D eigenvalue weighted by Gasteiger charge is -2.21. The van der Waals surface area contributed by atoms with Gasteiger partial charge in [-0.15, -0.1) is 0 Å². The second kappa shape index (κ2) is 9.36. The number of carbonyl (C=O) groups is 2. The molecule has 2 aromatic carbocycles. The van der Waals surface area contributed by atoms with Crippen LogP contribution in [0.5, 0.6) is 0 Å². The Morgan fingerprint density at radius 1 is 1.14 bits per heavy atom. The van der Waals surface area contributed by atoms with Crippen LogP contribution in [0.3, 0.4) is 0 Å². The van der Waals surface area contributed by atoms with Gasteiger partial charge in [0.05, 0.1) is 36.2 Å². The molecule has 2 aliphatic heterocycles. The Bertz CT molecular complexity index is 1260. The van der Waals surface area contributed by atoms with E-state index in [0.29, 0.717) is 35.7 Å². The van der Waals surface area contributed by atoms with Crippen LogP contribution in [-0.4, -0.2) is 54.1 Å². The van der Waals surface area contributed by atoms with E-state index >= 15 is 4.39 Å². The van der Waals surface area contributed by atoms with Crippen LogP contribution in [0.4, 0.5) is 25.0 Å². The predicted octanol–water partition coefficient (Wildman–Crippen LogP) is 3.74. The van der Waals surface area contributed by atoms with Crippen molar-refractivity contribution in [1.29, 1.82) is 0 Å². The van der Waals surface area contributed by atoms with Crippen LogP contribution in [0.1, 0.15) is 19.4 Å². The third-order valence-electron chi connectivity index (χ3n) is 6.33. The van der Waals surface area contributed by atoms with Gasteiger partial charge in [0.25, 0.3) is 0 Å².